The van der Waals surface area contributed by atoms with Crippen LogP contribution in [0.15, 0.2) is 12.1 Å². The number of hydrogen-bond donors (Lipinski definition) is 1. The number of phenolic OH excluding ortho intramolecular Hbond substituents is 1. The number of ether oxygens (including phenoxy) is 2. The van der Waals surface area contributed by atoms with E-state index in [4.69, 9.17) is 44.3 Å². The molecule has 0 aromatic heterocycles. The molecule has 1 N–H and O–H groups in total. The highest BCUT2D eigenvalue weighted by Crippen LogP contribution is 2.58. The van der Waals surface area contributed by atoms with Crippen LogP contribution >= 0.6 is 34.8 Å². The first-order chi connectivity index (χ1) is 13.7. The molecule has 1 heterocycles. The van der Waals surface area contributed by atoms with Crippen molar-refractivity contribution >= 4 is 46.7 Å². The van der Waals surface area contributed by atoms with Crippen LogP contribution in [0, 0.1) is 5.92 Å². The first kappa shape index (κ1) is 20.9. The molecule has 1 saturated heterocycles. The molecule has 1 amide bonds. The van der Waals surface area contributed by atoms with E-state index >= 15 is 0 Å². The molecule has 1 aliphatic heterocycles. The summed E-state index contributed by atoms with van der Waals surface area (Å²) in [4.78, 5) is 26.9. The largest absolute Gasteiger partial charge is 0.504 e. The quantitative estimate of drug-likeness (QED) is 0.668. The van der Waals surface area contributed by atoms with Crippen molar-refractivity contribution in [2.45, 2.75) is 47.4 Å². The molecule has 1 aromatic rings. The molecular weight excluding hydrogens is 441 g/mol. The van der Waals surface area contributed by atoms with E-state index in [1.165, 1.54) is 7.11 Å². The average Bonchev–Trinajstić information content (AvgIpc) is 2.65. The van der Waals surface area contributed by atoms with Gasteiger partial charge < -0.3 is 19.5 Å². The number of hydrogen-bond acceptors (Lipinski definition) is 5. The minimum atomic E-state index is -1.67. The van der Waals surface area contributed by atoms with E-state index in [9.17, 15) is 14.7 Å². The number of aromatic hydroxyl groups is 1. The van der Waals surface area contributed by atoms with Crippen LogP contribution in [0.25, 0.3) is 0 Å². The lowest BCUT2D eigenvalue weighted by molar-refractivity contribution is -0.126. The zero-order valence-electron chi connectivity index (χ0n) is 15.9. The Bertz CT molecular complexity index is 855. The summed E-state index contributed by atoms with van der Waals surface area (Å²) in [6, 6.07) is 3.49. The minimum Gasteiger partial charge on any atom is -0.504 e. The molecule has 1 saturated carbocycles. The van der Waals surface area contributed by atoms with Gasteiger partial charge in [0.05, 0.1) is 7.11 Å². The van der Waals surface area contributed by atoms with Gasteiger partial charge in [0.2, 0.25) is 3.79 Å². The molecule has 6 nitrogen and oxygen atoms in total. The standard InChI is InChI=1S/C20H22Cl3NO5/c1-28-15-5-2-11-8-14-13-4-3-12(25)9-19(13,16(11)17(15)26)6-7-24(14)18(27)29-10-20(21,22)23/h2,5,13-14,26H,3-4,6-10H2,1H3/t13?,14?,19-/m0/s1. The SMILES string of the molecule is COc1ccc2c(c1O)[C@]13CCN(C(=O)OCC(Cl)(Cl)Cl)C(C2)C1CCC(=O)C3. The highest BCUT2D eigenvalue weighted by Gasteiger charge is 2.58. The van der Waals surface area contributed by atoms with Crippen molar-refractivity contribution < 1.29 is 24.2 Å². The van der Waals surface area contributed by atoms with Gasteiger partial charge in [-0.25, -0.2) is 4.79 Å². The fourth-order valence-corrected chi connectivity index (χ4v) is 5.70. The maximum Gasteiger partial charge on any atom is 0.410 e. The predicted molar refractivity (Wildman–Crippen MR) is 109 cm³/mol. The van der Waals surface area contributed by atoms with E-state index in [1.807, 2.05) is 6.07 Å². The average molecular weight is 463 g/mol. The maximum atomic E-state index is 12.8. The Balaban J connectivity index is 1.73. The number of nitrogens with zero attached hydrogens (tertiary/aromatic N) is 1. The number of alkyl halides is 3. The lowest BCUT2D eigenvalue weighted by atomic mass is 9.52. The number of Topliss-reactive ketones (excluding diaryl/α,β-unsaturated/α-hetero) is 1. The number of rotatable bonds is 2. The summed E-state index contributed by atoms with van der Waals surface area (Å²) >= 11 is 17.2. The summed E-state index contributed by atoms with van der Waals surface area (Å²) in [5.41, 5.74) is 1.23. The molecule has 4 rings (SSSR count). The minimum absolute atomic E-state index is 0.0415. The third-order valence-electron chi connectivity index (χ3n) is 6.59. The second kappa shape index (κ2) is 7.40. The molecular formula is C20H22Cl3NO5. The van der Waals surface area contributed by atoms with Crippen molar-refractivity contribution in [3.8, 4) is 11.5 Å². The van der Waals surface area contributed by atoms with Crippen LogP contribution in [0.4, 0.5) is 4.79 Å². The molecule has 158 valence electrons. The summed E-state index contributed by atoms with van der Waals surface area (Å²) in [5.74, 6) is 0.732. The van der Waals surface area contributed by atoms with Crippen LogP contribution in [0.5, 0.6) is 11.5 Å². The van der Waals surface area contributed by atoms with Crippen LogP contribution in [0.3, 0.4) is 0 Å². The molecule has 2 unspecified atom stereocenters. The Morgan fingerprint density at radius 1 is 1.38 bits per heavy atom. The third kappa shape index (κ3) is 3.53. The van der Waals surface area contributed by atoms with E-state index in [1.54, 1.807) is 11.0 Å². The van der Waals surface area contributed by atoms with Gasteiger partial charge in [0.15, 0.2) is 11.5 Å². The monoisotopic (exact) mass is 461 g/mol. The van der Waals surface area contributed by atoms with Crippen molar-refractivity contribution in [2.24, 2.45) is 5.92 Å². The van der Waals surface area contributed by atoms with Gasteiger partial charge >= 0.3 is 6.09 Å². The number of carbonyl (C=O) groups is 2. The molecule has 3 atom stereocenters. The molecule has 2 bridgehead atoms. The number of likely N-dealkylation sites (tertiary alicyclic amines) is 1. The number of amides is 1. The Morgan fingerprint density at radius 2 is 2.14 bits per heavy atom. The number of fused-ring (bicyclic) bond motifs is 1. The van der Waals surface area contributed by atoms with Gasteiger partial charge in [-0.2, -0.15) is 0 Å². The molecule has 29 heavy (non-hydrogen) atoms. The number of benzene rings is 1. The number of methoxy groups -OCH3 is 1. The summed E-state index contributed by atoms with van der Waals surface area (Å²) in [5, 5.41) is 10.9. The van der Waals surface area contributed by atoms with Crippen LogP contribution in [-0.2, 0) is 21.4 Å². The van der Waals surface area contributed by atoms with E-state index < -0.39 is 15.3 Å². The molecule has 2 fully saturated rings. The molecule has 3 aliphatic rings. The van der Waals surface area contributed by atoms with E-state index in [-0.39, 0.29) is 30.1 Å². The Hall–Kier alpha value is -1.37. The number of halogens is 3. The van der Waals surface area contributed by atoms with Gasteiger partial charge in [0.25, 0.3) is 0 Å². The molecule has 1 aromatic carbocycles. The molecule has 9 heteroatoms. The number of phenols is 1. The summed E-state index contributed by atoms with van der Waals surface area (Å²) in [6.07, 6.45) is 2.09. The summed E-state index contributed by atoms with van der Waals surface area (Å²) in [7, 11) is 1.51. The van der Waals surface area contributed by atoms with Crippen molar-refractivity contribution in [3.63, 3.8) is 0 Å². The topological polar surface area (TPSA) is 76.1 Å². The van der Waals surface area contributed by atoms with Crippen LogP contribution in [0.1, 0.15) is 36.8 Å². The second-order valence-electron chi connectivity index (χ2n) is 8.05. The second-order valence-corrected chi connectivity index (χ2v) is 10.6. The van der Waals surface area contributed by atoms with Crippen molar-refractivity contribution in [2.75, 3.05) is 20.3 Å². The molecule has 0 spiro atoms. The van der Waals surface area contributed by atoms with Gasteiger partial charge in [0, 0.05) is 36.4 Å². The van der Waals surface area contributed by atoms with E-state index in [0.29, 0.717) is 44.4 Å². The van der Waals surface area contributed by atoms with Crippen LogP contribution in [-0.4, -0.2) is 52.0 Å². The Kier molecular flexibility index (Phi) is 5.33. The van der Waals surface area contributed by atoms with Crippen molar-refractivity contribution in [1.29, 1.82) is 0 Å². The highest BCUT2D eigenvalue weighted by molar-refractivity contribution is 6.67. The third-order valence-corrected chi connectivity index (χ3v) is 6.92. The lowest BCUT2D eigenvalue weighted by Crippen LogP contribution is -2.63. The zero-order chi connectivity index (χ0) is 21.0. The van der Waals surface area contributed by atoms with Gasteiger partial charge in [-0.05, 0) is 36.8 Å². The maximum absolute atomic E-state index is 12.8. The van der Waals surface area contributed by atoms with Gasteiger partial charge in [0.1, 0.15) is 12.4 Å². The van der Waals surface area contributed by atoms with Crippen molar-refractivity contribution in [1.82, 2.24) is 4.90 Å². The molecule has 0 radical (unpaired) electrons. The zero-order valence-corrected chi connectivity index (χ0v) is 18.2. The smallest absolute Gasteiger partial charge is 0.410 e. The number of carbonyl (C=O) groups excluding carboxylic acids is 2. The highest BCUT2D eigenvalue weighted by atomic mass is 35.6. The lowest BCUT2D eigenvalue weighted by Gasteiger charge is -2.58. The molecule has 2 aliphatic carbocycles. The number of piperidine rings is 1. The van der Waals surface area contributed by atoms with Gasteiger partial charge in [-0.15, -0.1) is 0 Å². The first-order valence-electron chi connectivity index (χ1n) is 9.57. The summed E-state index contributed by atoms with van der Waals surface area (Å²) < 4.78 is 8.88. The predicted octanol–water partition coefficient (Wildman–Crippen LogP) is 4.15. The normalized spacial score (nSPS) is 28.4. The number of ketones is 1. The Labute approximate surface area is 184 Å². The fourth-order valence-electron chi connectivity index (χ4n) is 5.54. The fraction of sp³-hybridized carbons (Fsp3) is 0.600. The van der Waals surface area contributed by atoms with Crippen LogP contribution in [0.2, 0.25) is 0 Å². The van der Waals surface area contributed by atoms with E-state index in [0.717, 1.165) is 11.1 Å². The van der Waals surface area contributed by atoms with Gasteiger partial charge in [-0.3, -0.25) is 4.79 Å². The van der Waals surface area contributed by atoms with E-state index in [2.05, 4.69) is 0 Å². The summed E-state index contributed by atoms with van der Waals surface area (Å²) in [6.45, 7) is 0.0752. The van der Waals surface area contributed by atoms with Gasteiger partial charge in [-0.1, -0.05) is 40.9 Å². The first-order valence-corrected chi connectivity index (χ1v) is 10.7. The Morgan fingerprint density at radius 3 is 2.83 bits per heavy atom. The van der Waals surface area contributed by atoms with Crippen LogP contribution < -0.4 is 4.74 Å². The van der Waals surface area contributed by atoms with Crippen molar-refractivity contribution in [3.05, 3.63) is 23.3 Å².